The zero-order chi connectivity index (χ0) is 13.3. The molecule has 5 heteroatoms. The molecule has 0 fully saturated rings. The number of ether oxygens (including phenoxy) is 2. The Kier molecular flexibility index (Phi) is 2.82. The Hall–Kier alpha value is -2.30. The van der Waals surface area contributed by atoms with Crippen LogP contribution in [0.4, 0.5) is 0 Å². The Balaban J connectivity index is 2.39. The summed E-state index contributed by atoms with van der Waals surface area (Å²) < 4.78 is 10.3. The van der Waals surface area contributed by atoms with Crippen molar-refractivity contribution in [1.82, 2.24) is 0 Å². The highest BCUT2D eigenvalue weighted by atomic mass is 16.5. The monoisotopic (exact) mass is 248 g/mol. The molecule has 0 amide bonds. The van der Waals surface area contributed by atoms with Crippen LogP contribution in [0.25, 0.3) is 0 Å². The van der Waals surface area contributed by atoms with Gasteiger partial charge >= 0.3 is 5.97 Å². The minimum atomic E-state index is -1.30. The Morgan fingerprint density at radius 3 is 2.72 bits per heavy atom. The lowest BCUT2D eigenvalue weighted by atomic mass is 9.92. The fourth-order valence-corrected chi connectivity index (χ4v) is 1.78. The van der Waals surface area contributed by atoms with Crippen LogP contribution < -0.4 is 4.74 Å². The second-order valence-corrected chi connectivity index (χ2v) is 4.05. The summed E-state index contributed by atoms with van der Waals surface area (Å²) in [5.74, 6) is -1.41. The molecule has 0 radical (unpaired) electrons. The average molecular weight is 248 g/mol. The summed E-state index contributed by atoms with van der Waals surface area (Å²) in [7, 11) is 1.51. The summed E-state index contributed by atoms with van der Waals surface area (Å²) in [5, 5.41) is 8.84. The molecular formula is C13H12O5. The lowest BCUT2D eigenvalue weighted by molar-refractivity contribution is -0.141. The quantitative estimate of drug-likeness (QED) is 0.877. The van der Waals surface area contributed by atoms with E-state index >= 15 is 0 Å². The van der Waals surface area contributed by atoms with Crippen LogP contribution in [0.1, 0.15) is 12.5 Å². The number of carboxylic acids is 1. The molecule has 18 heavy (non-hydrogen) atoms. The number of benzene rings is 1. The molecule has 0 aliphatic carbocycles. The topological polar surface area (TPSA) is 72.8 Å². The number of hydrogen-bond donors (Lipinski definition) is 1. The van der Waals surface area contributed by atoms with Crippen molar-refractivity contribution in [3.05, 3.63) is 41.7 Å². The first-order chi connectivity index (χ1) is 8.47. The van der Waals surface area contributed by atoms with E-state index in [1.54, 1.807) is 24.3 Å². The third-order valence-corrected chi connectivity index (χ3v) is 2.88. The van der Waals surface area contributed by atoms with Crippen molar-refractivity contribution in [3.63, 3.8) is 0 Å². The molecule has 0 aromatic heterocycles. The van der Waals surface area contributed by atoms with E-state index in [-0.39, 0.29) is 5.76 Å². The minimum Gasteiger partial charge on any atom is -0.497 e. The third-order valence-electron chi connectivity index (χ3n) is 2.88. The van der Waals surface area contributed by atoms with Gasteiger partial charge in [0.1, 0.15) is 5.75 Å². The number of carboxylic acid groups (broad SMARTS) is 1. The summed E-state index contributed by atoms with van der Waals surface area (Å²) in [5.41, 5.74) is -0.748. The van der Waals surface area contributed by atoms with Crippen LogP contribution in [0.15, 0.2) is 36.1 Å². The molecule has 1 aromatic rings. The van der Waals surface area contributed by atoms with E-state index < -0.39 is 17.4 Å². The lowest BCUT2D eigenvalue weighted by Gasteiger charge is -2.23. The molecule has 1 unspecified atom stereocenters. The highest BCUT2D eigenvalue weighted by molar-refractivity contribution is 6.05. The number of ketones is 1. The highest BCUT2D eigenvalue weighted by Crippen LogP contribution is 2.36. The van der Waals surface area contributed by atoms with E-state index in [0.717, 1.165) is 6.08 Å². The van der Waals surface area contributed by atoms with Gasteiger partial charge in [0.25, 0.3) is 0 Å². The number of hydrogen-bond acceptors (Lipinski definition) is 4. The SMILES string of the molecule is COc1cccc(C2(C)OC(C(=O)O)=CC2=O)c1. The van der Waals surface area contributed by atoms with E-state index in [4.69, 9.17) is 14.6 Å². The summed E-state index contributed by atoms with van der Waals surface area (Å²) in [6.45, 7) is 1.54. The number of carbonyl (C=O) groups excluding carboxylic acids is 1. The molecular weight excluding hydrogens is 236 g/mol. The number of carbonyl (C=O) groups is 2. The Morgan fingerprint density at radius 2 is 2.17 bits per heavy atom. The van der Waals surface area contributed by atoms with Gasteiger partial charge in [-0.3, -0.25) is 4.79 Å². The zero-order valence-electron chi connectivity index (χ0n) is 9.97. The lowest BCUT2D eigenvalue weighted by Crippen LogP contribution is -2.30. The second-order valence-electron chi connectivity index (χ2n) is 4.05. The molecule has 5 nitrogen and oxygen atoms in total. The molecule has 1 aliphatic rings. The average Bonchev–Trinajstić information content (AvgIpc) is 2.67. The van der Waals surface area contributed by atoms with E-state index in [1.807, 2.05) is 0 Å². The van der Waals surface area contributed by atoms with Gasteiger partial charge in [-0.25, -0.2) is 4.79 Å². The van der Waals surface area contributed by atoms with Gasteiger partial charge in [-0.2, -0.15) is 0 Å². The molecule has 1 aliphatic heterocycles. The summed E-state index contributed by atoms with van der Waals surface area (Å²) in [6.07, 6.45) is 1.00. The van der Waals surface area contributed by atoms with Gasteiger partial charge in [0, 0.05) is 11.6 Å². The summed E-state index contributed by atoms with van der Waals surface area (Å²) >= 11 is 0. The van der Waals surface area contributed by atoms with Crippen molar-refractivity contribution in [2.75, 3.05) is 7.11 Å². The van der Waals surface area contributed by atoms with Crippen molar-refractivity contribution in [2.45, 2.75) is 12.5 Å². The molecule has 0 spiro atoms. The van der Waals surface area contributed by atoms with Gasteiger partial charge in [-0.05, 0) is 19.1 Å². The Morgan fingerprint density at radius 1 is 1.44 bits per heavy atom. The first-order valence-corrected chi connectivity index (χ1v) is 5.30. The van der Waals surface area contributed by atoms with E-state index in [0.29, 0.717) is 11.3 Å². The molecule has 0 saturated heterocycles. The largest absolute Gasteiger partial charge is 0.497 e. The molecule has 2 rings (SSSR count). The Bertz CT molecular complexity index is 546. The highest BCUT2D eigenvalue weighted by Gasteiger charge is 2.43. The maximum Gasteiger partial charge on any atom is 0.371 e. The second kappa shape index (κ2) is 4.18. The van der Waals surface area contributed by atoms with Gasteiger partial charge in [0.15, 0.2) is 5.60 Å². The molecule has 1 atom stereocenters. The van der Waals surface area contributed by atoms with Crippen LogP contribution in [0.3, 0.4) is 0 Å². The van der Waals surface area contributed by atoms with Crippen molar-refractivity contribution >= 4 is 11.8 Å². The fourth-order valence-electron chi connectivity index (χ4n) is 1.78. The molecule has 1 N–H and O–H groups in total. The zero-order valence-corrected chi connectivity index (χ0v) is 9.97. The van der Waals surface area contributed by atoms with Crippen LogP contribution in [0, 0.1) is 0 Å². The predicted octanol–water partition coefficient (Wildman–Crippen LogP) is 1.48. The summed E-state index contributed by atoms with van der Waals surface area (Å²) in [6, 6.07) is 6.79. The van der Waals surface area contributed by atoms with Crippen LogP contribution in [-0.2, 0) is 19.9 Å². The smallest absolute Gasteiger partial charge is 0.371 e. The van der Waals surface area contributed by atoms with Crippen LogP contribution in [0.5, 0.6) is 5.75 Å². The fraction of sp³-hybridized carbons (Fsp3) is 0.231. The molecule has 1 heterocycles. The molecule has 94 valence electrons. The number of aliphatic carboxylic acids is 1. The number of methoxy groups -OCH3 is 1. The van der Waals surface area contributed by atoms with E-state index in [9.17, 15) is 9.59 Å². The van der Waals surface area contributed by atoms with Crippen molar-refractivity contribution < 1.29 is 24.2 Å². The Labute approximate surface area is 104 Å². The molecule has 1 aromatic carbocycles. The van der Waals surface area contributed by atoms with Gasteiger partial charge in [0.2, 0.25) is 11.5 Å². The van der Waals surface area contributed by atoms with Gasteiger partial charge in [-0.1, -0.05) is 12.1 Å². The predicted molar refractivity (Wildman–Crippen MR) is 62.2 cm³/mol. The van der Waals surface area contributed by atoms with E-state index in [1.165, 1.54) is 14.0 Å². The van der Waals surface area contributed by atoms with E-state index in [2.05, 4.69) is 0 Å². The summed E-state index contributed by atoms with van der Waals surface area (Å²) in [4.78, 5) is 22.7. The van der Waals surface area contributed by atoms with Gasteiger partial charge < -0.3 is 14.6 Å². The minimum absolute atomic E-state index is 0.342. The first-order valence-electron chi connectivity index (χ1n) is 5.30. The maximum absolute atomic E-state index is 11.9. The van der Waals surface area contributed by atoms with Crippen molar-refractivity contribution in [3.8, 4) is 5.75 Å². The first kappa shape index (κ1) is 12.2. The van der Waals surface area contributed by atoms with Gasteiger partial charge in [-0.15, -0.1) is 0 Å². The van der Waals surface area contributed by atoms with Crippen LogP contribution >= 0.6 is 0 Å². The number of rotatable bonds is 3. The van der Waals surface area contributed by atoms with Crippen molar-refractivity contribution in [2.24, 2.45) is 0 Å². The van der Waals surface area contributed by atoms with Crippen LogP contribution in [-0.4, -0.2) is 24.0 Å². The van der Waals surface area contributed by atoms with Gasteiger partial charge in [0.05, 0.1) is 7.11 Å². The molecule has 0 bridgehead atoms. The standard InChI is InChI=1S/C13H12O5/c1-13(8-4-3-5-9(6-8)17-2)11(14)7-10(18-13)12(15)16/h3-7H,1-2H3,(H,15,16). The van der Waals surface area contributed by atoms with Crippen LogP contribution in [0.2, 0.25) is 0 Å². The van der Waals surface area contributed by atoms with Crippen molar-refractivity contribution in [1.29, 1.82) is 0 Å². The maximum atomic E-state index is 11.9. The normalized spacial score (nSPS) is 22.3. The molecule has 0 saturated carbocycles. The third kappa shape index (κ3) is 1.84.